The van der Waals surface area contributed by atoms with Crippen LogP contribution in [0, 0.1) is 6.92 Å². The highest BCUT2D eigenvalue weighted by molar-refractivity contribution is 7.99. The molecular weight excluding hydrogens is 194 g/mol. The van der Waals surface area contributed by atoms with Gasteiger partial charge in [0.25, 0.3) is 0 Å². The molecule has 1 aromatic rings. The highest BCUT2D eigenvalue weighted by Crippen LogP contribution is 2.10. The third-order valence-corrected chi connectivity index (χ3v) is 2.57. The van der Waals surface area contributed by atoms with E-state index in [-0.39, 0.29) is 0 Å². The second kappa shape index (κ2) is 6.79. The minimum atomic E-state index is 0.869. The Hall–Kier alpha value is -0.610. The van der Waals surface area contributed by atoms with Crippen molar-refractivity contribution >= 4 is 11.8 Å². The molecule has 0 spiro atoms. The number of hydrogen-bond acceptors (Lipinski definition) is 4. The summed E-state index contributed by atoms with van der Waals surface area (Å²) in [5.74, 6) is 1.03. The number of nitrogens with zero attached hydrogens (tertiary/aromatic N) is 2. The molecule has 78 valence electrons. The molecule has 0 saturated carbocycles. The topological polar surface area (TPSA) is 37.8 Å². The number of aryl methyl sites for hydroxylation is 1. The van der Waals surface area contributed by atoms with Crippen LogP contribution in [0.15, 0.2) is 17.6 Å². The van der Waals surface area contributed by atoms with E-state index in [0.29, 0.717) is 0 Å². The molecule has 1 rings (SSSR count). The van der Waals surface area contributed by atoms with Crippen molar-refractivity contribution in [2.75, 3.05) is 18.8 Å². The zero-order valence-electron chi connectivity index (χ0n) is 8.79. The Morgan fingerprint density at radius 1 is 1.29 bits per heavy atom. The van der Waals surface area contributed by atoms with Crippen LogP contribution >= 0.6 is 11.8 Å². The molecule has 0 unspecified atom stereocenters. The standard InChI is InChI=1S/C10H17N3S/c1-3-4-11-5-6-14-10-12-7-9(2)8-13-10/h7-8,11H,3-6H2,1-2H3. The molecule has 0 amide bonds. The first-order valence-corrected chi connectivity index (χ1v) is 5.93. The van der Waals surface area contributed by atoms with Gasteiger partial charge in [0, 0.05) is 24.7 Å². The van der Waals surface area contributed by atoms with Gasteiger partial charge >= 0.3 is 0 Å². The van der Waals surface area contributed by atoms with Crippen molar-refractivity contribution in [3.63, 3.8) is 0 Å². The molecule has 0 aromatic carbocycles. The molecule has 1 heterocycles. The maximum atomic E-state index is 4.22. The smallest absolute Gasteiger partial charge is 0.187 e. The lowest BCUT2D eigenvalue weighted by Gasteiger charge is -2.01. The van der Waals surface area contributed by atoms with E-state index in [1.54, 1.807) is 11.8 Å². The van der Waals surface area contributed by atoms with Crippen LogP contribution in [0.1, 0.15) is 18.9 Å². The predicted molar refractivity (Wildman–Crippen MR) is 60.7 cm³/mol. The van der Waals surface area contributed by atoms with Crippen LogP contribution in [0.3, 0.4) is 0 Å². The van der Waals surface area contributed by atoms with Gasteiger partial charge in [0.1, 0.15) is 0 Å². The van der Waals surface area contributed by atoms with Crippen molar-refractivity contribution in [3.8, 4) is 0 Å². The molecule has 0 saturated heterocycles. The summed E-state index contributed by atoms with van der Waals surface area (Å²) in [5.41, 5.74) is 1.11. The second-order valence-electron chi connectivity index (χ2n) is 3.14. The maximum absolute atomic E-state index is 4.22. The molecule has 0 aliphatic rings. The van der Waals surface area contributed by atoms with Gasteiger partial charge in [-0.2, -0.15) is 0 Å². The molecule has 3 nitrogen and oxygen atoms in total. The van der Waals surface area contributed by atoms with Gasteiger partial charge in [-0.25, -0.2) is 9.97 Å². The normalized spacial score (nSPS) is 10.4. The fourth-order valence-electron chi connectivity index (χ4n) is 0.972. The summed E-state index contributed by atoms with van der Waals surface area (Å²) < 4.78 is 0. The molecule has 4 heteroatoms. The molecule has 1 aromatic heterocycles. The van der Waals surface area contributed by atoms with E-state index in [2.05, 4.69) is 22.2 Å². The Balaban J connectivity index is 2.15. The Kier molecular flexibility index (Phi) is 5.56. The van der Waals surface area contributed by atoms with Gasteiger partial charge in [0.2, 0.25) is 0 Å². The highest BCUT2D eigenvalue weighted by Gasteiger charge is 1.95. The number of hydrogen-bond donors (Lipinski definition) is 1. The van der Waals surface area contributed by atoms with Crippen molar-refractivity contribution in [1.29, 1.82) is 0 Å². The Morgan fingerprint density at radius 2 is 2.00 bits per heavy atom. The summed E-state index contributed by atoms with van der Waals surface area (Å²) in [7, 11) is 0. The van der Waals surface area contributed by atoms with Gasteiger partial charge in [-0.3, -0.25) is 0 Å². The van der Waals surface area contributed by atoms with Crippen molar-refractivity contribution in [1.82, 2.24) is 15.3 Å². The Bertz CT molecular complexity index is 248. The van der Waals surface area contributed by atoms with E-state index >= 15 is 0 Å². The van der Waals surface area contributed by atoms with Crippen molar-refractivity contribution < 1.29 is 0 Å². The van der Waals surface area contributed by atoms with E-state index in [0.717, 1.165) is 29.6 Å². The van der Waals surface area contributed by atoms with Crippen LogP contribution in [-0.2, 0) is 0 Å². The SMILES string of the molecule is CCCNCCSc1ncc(C)cn1. The molecule has 1 N–H and O–H groups in total. The number of nitrogens with one attached hydrogen (secondary N) is 1. The molecule has 0 radical (unpaired) electrons. The Morgan fingerprint density at radius 3 is 2.64 bits per heavy atom. The summed E-state index contributed by atoms with van der Waals surface area (Å²) in [6, 6.07) is 0. The lowest BCUT2D eigenvalue weighted by molar-refractivity contribution is 0.707. The summed E-state index contributed by atoms with van der Waals surface area (Å²) in [6.45, 7) is 6.28. The van der Waals surface area contributed by atoms with E-state index in [1.165, 1.54) is 6.42 Å². The Labute approximate surface area is 89.7 Å². The van der Waals surface area contributed by atoms with Gasteiger partial charge in [-0.1, -0.05) is 18.7 Å². The average Bonchev–Trinajstić information content (AvgIpc) is 2.21. The van der Waals surface area contributed by atoms with Gasteiger partial charge in [0.05, 0.1) is 0 Å². The van der Waals surface area contributed by atoms with Crippen molar-refractivity contribution in [2.24, 2.45) is 0 Å². The molecule has 0 bridgehead atoms. The molecule has 0 aliphatic heterocycles. The monoisotopic (exact) mass is 211 g/mol. The first-order chi connectivity index (χ1) is 6.83. The van der Waals surface area contributed by atoms with Crippen molar-refractivity contribution in [3.05, 3.63) is 18.0 Å². The van der Waals surface area contributed by atoms with Gasteiger partial charge in [-0.05, 0) is 25.5 Å². The largest absolute Gasteiger partial charge is 0.316 e. The summed E-state index contributed by atoms with van der Waals surface area (Å²) in [5, 5.41) is 4.21. The first-order valence-electron chi connectivity index (χ1n) is 4.95. The van der Waals surface area contributed by atoms with Gasteiger partial charge < -0.3 is 5.32 Å². The van der Waals surface area contributed by atoms with Crippen LogP contribution in [0.5, 0.6) is 0 Å². The summed E-state index contributed by atoms with van der Waals surface area (Å²) >= 11 is 1.69. The van der Waals surface area contributed by atoms with Crippen LogP contribution in [0.4, 0.5) is 0 Å². The number of rotatable bonds is 6. The van der Waals surface area contributed by atoms with Crippen LogP contribution in [-0.4, -0.2) is 28.8 Å². The highest BCUT2D eigenvalue weighted by atomic mass is 32.2. The average molecular weight is 211 g/mol. The molecule has 0 atom stereocenters. The van der Waals surface area contributed by atoms with E-state index in [9.17, 15) is 0 Å². The fourth-order valence-corrected chi connectivity index (χ4v) is 1.65. The quantitative estimate of drug-likeness (QED) is 0.443. The molecule has 0 aliphatic carbocycles. The van der Waals surface area contributed by atoms with Gasteiger partial charge in [-0.15, -0.1) is 0 Å². The lowest BCUT2D eigenvalue weighted by atomic mass is 10.4. The molecule has 0 fully saturated rings. The third kappa shape index (κ3) is 4.58. The van der Waals surface area contributed by atoms with Crippen LogP contribution in [0.2, 0.25) is 0 Å². The number of thioether (sulfide) groups is 1. The van der Waals surface area contributed by atoms with E-state index in [1.807, 2.05) is 19.3 Å². The van der Waals surface area contributed by atoms with Crippen molar-refractivity contribution in [2.45, 2.75) is 25.4 Å². The second-order valence-corrected chi connectivity index (χ2v) is 4.20. The van der Waals surface area contributed by atoms with E-state index in [4.69, 9.17) is 0 Å². The zero-order valence-corrected chi connectivity index (χ0v) is 9.60. The fraction of sp³-hybridized carbons (Fsp3) is 0.600. The lowest BCUT2D eigenvalue weighted by Crippen LogP contribution is -2.17. The minimum Gasteiger partial charge on any atom is -0.316 e. The van der Waals surface area contributed by atoms with Crippen LogP contribution < -0.4 is 5.32 Å². The third-order valence-electron chi connectivity index (χ3n) is 1.69. The zero-order chi connectivity index (χ0) is 10.2. The minimum absolute atomic E-state index is 0.869. The predicted octanol–water partition coefficient (Wildman–Crippen LogP) is 1.88. The number of aromatic nitrogens is 2. The first kappa shape index (κ1) is 11.5. The summed E-state index contributed by atoms with van der Waals surface area (Å²) in [6.07, 6.45) is 4.90. The maximum Gasteiger partial charge on any atom is 0.187 e. The molecular formula is C10H17N3S. The van der Waals surface area contributed by atoms with Gasteiger partial charge in [0.15, 0.2) is 5.16 Å². The van der Waals surface area contributed by atoms with Crippen LogP contribution in [0.25, 0.3) is 0 Å². The van der Waals surface area contributed by atoms with E-state index < -0.39 is 0 Å². The summed E-state index contributed by atoms with van der Waals surface area (Å²) in [4.78, 5) is 8.44. The molecule has 14 heavy (non-hydrogen) atoms.